The van der Waals surface area contributed by atoms with Crippen molar-refractivity contribution in [3.63, 3.8) is 0 Å². The van der Waals surface area contributed by atoms with Crippen molar-refractivity contribution in [3.8, 4) is 0 Å². The second-order valence-corrected chi connectivity index (χ2v) is 4.65. The highest BCUT2D eigenvalue weighted by molar-refractivity contribution is 6.14. The Kier molecular flexibility index (Phi) is 3.27. The second kappa shape index (κ2) is 4.55. The van der Waals surface area contributed by atoms with Gasteiger partial charge in [0.2, 0.25) is 0 Å². The van der Waals surface area contributed by atoms with Crippen LogP contribution in [0.1, 0.15) is 16.8 Å². The third kappa shape index (κ3) is 2.53. The van der Waals surface area contributed by atoms with Gasteiger partial charge in [0.05, 0.1) is 5.62 Å². The van der Waals surface area contributed by atoms with Crippen LogP contribution in [0.4, 0.5) is 0 Å². The minimum atomic E-state index is -1.32. The summed E-state index contributed by atoms with van der Waals surface area (Å²) in [5.41, 5.74) is 2.03. The molecule has 2 rings (SSSR count). The first-order valence-electron chi connectivity index (χ1n) is 5.72. The number of fused-ring (bicyclic) bond motifs is 1. The van der Waals surface area contributed by atoms with Crippen molar-refractivity contribution in [3.05, 3.63) is 41.2 Å². The SMILES string of the molecule is [B]C(O)(Cc1c[nH]c2c1C=CC=CC2)N(C)C. The number of aromatic amines is 1. The molecule has 88 valence electrons. The van der Waals surface area contributed by atoms with E-state index in [1.165, 1.54) is 5.69 Å². The van der Waals surface area contributed by atoms with Crippen molar-refractivity contribution in [2.24, 2.45) is 0 Å². The predicted molar refractivity (Wildman–Crippen MR) is 70.8 cm³/mol. The van der Waals surface area contributed by atoms with Crippen molar-refractivity contribution < 1.29 is 5.11 Å². The number of aromatic nitrogens is 1. The normalized spacial score (nSPS) is 17.9. The number of rotatable bonds is 3. The van der Waals surface area contributed by atoms with E-state index >= 15 is 0 Å². The molecule has 1 aromatic heterocycles. The smallest absolute Gasteiger partial charge is 0.136 e. The van der Waals surface area contributed by atoms with Gasteiger partial charge < -0.3 is 10.1 Å². The summed E-state index contributed by atoms with van der Waals surface area (Å²) in [6, 6.07) is 0. The average molecular weight is 228 g/mol. The highest BCUT2D eigenvalue weighted by atomic mass is 16.3. The zero-order valence-corrected chi connectivity index (χ0v) is 10.3. The third-order valence-corrected chi connectivity index (χ3v) is 3.15. The molecule has 0 amide bonds. The number of nitrogens with one attached hydrogen (secondary N) is 1. The van der Waals surface area contributed by atoms with Crippen molar-refractivity contribution in [2.75, 3.05) is 14.1 Å². The molecule has 1 atom stereocenters. The van der Waals surface area contributed by atoms with Gasteiger partial charge in [0, 0.05) is 24.7 Å². The van der Waals surface area contributed by atoms with Gasteiger partial charge >= 0.3 is 0 Å². The van der Waals surface area contributed by atoms with Crippen LogP contribution in [0.5, 0.6) is 0 Å². The number of nitrogens with zero attached hydrogens (tertiary/aromatic N) is 1. The Labute approximate surface area is 103 Å². The highest BCUT2D eigenvalue weighted by Gasteiger charge is 2.24. The minimum absolute atomic E-state index is 0.399. The molecule has 4 heteroatoms. The van der Waals surface area contributed by atoms with Crippen molar-refractivity contribution in [1.29, 1.82) is 0 Å². The van der Waals surface area contributed by atoms with Gasteiger partial charge in [-0.25, -0.2) is 0 Å². The summed E-state index contributed by atoms with van der Waals surface area (Å²) in [7, 11) is 9.38. The molecule has 2 radical (unpaired) electrons. The Balaban J connectivity index is 2.27. The van der Waals surface area contributed by atoms with E-state index in [4.69, 9.17) is 7.85 Å². The molecular formula is C13H17BN2O. The first-order chi connectivity index (χ1) is 8.00. The van der Waals surface area contributed by atoms with Crippen LogP contribution in [0.3, 0.4) is 0 Å². The van der Waals surface area contributed by atoms with E-state index in [-0.39, 0.29) is 0 Å². The summed E-state index contributed by atoms with van der Waals surface area (Å²) in [6.07, 6.45) is 11.4. The Morgan fingerprint density at radius 1 is 1.47 bits per heavy atom. The molecule has 0 saturated heterocycles. The van der Waals surface area contributed by atoms with Crippen LogP contribution < -0.4 is 0 Å². The maximum absolute atomic E-state index is 10.1. The minimum Gasteiger partial charge on any atom is -0.385 e. The van der Waals surface area contributed by atoms with E-state index in [9.17, 15) is 5.11 Å². The Hall–Kier alpha value is -1.26. The molecule has 1 aliphatic carbocycles. The molecule has 0 fully saturated rings. The lowest BCUT2D eigenvalue weighted by Crippen LogP contribution is -2.46. The van der Waals surface area contributed by atoms with Gasteiger partial charge in [-0.1, -0.05) is 24.3 Å². The van der Waals surface area contributed by atoms with E-state index in [0.717, 1.165) is 17.5 Å². The second-order valence-electron chi connectivity index (χ2n) is 4.65. The lowest BCUT2D eigenvalue weighted by atomic mass is 9.83. The zero-order valence-electron chi connectivity index (χ0n) is 10.3. The Morgan fingerprint density at radius 3 is 2.94 bits per heavy atom. The van der Waals surface area contributed by atoms with Crippen LogP contribution in [-0.4, -0.2) is 42.6 Å². The molecule has 2 N–H and O–H groups in total. The van der Waals surface area contributed by atoms with E-state index in [1.54, 1.807) is 19.0 Å². The fourth-order valence-electron chi connectivity index (χ4n) is 1.90. The Morgan fingerprint density at radius 2 is 2.24 bits per heavy atom. The summed E-state index contributed by atoms with van der Waals surface area (Å²) in [6.45, 7) is 0. The van der Waals surface area contributed by atoms with E-state index < -0.39 is 5.62 Å². The fraction of sp³-hybridized carbons (Fsp3) is 0.385. The quantitative estimate of drug-likeness (QED) is 0.599. The van der Waals surface area contributed by atoms with Gasteiger partial charge in [-0.3, -0.25) is 4.90 Å². The van der Waals surface area contributed by atoms with Crippen LogP contribution in [-0.2, 0) is 12.8 Å². The number of allylic oxidation sites excluding steroid dienone is 3. The zero-order chi connectivity index (χ0) is 12.5. The topological polar surface area (TPSA) is 39.3 Å². The summed E-state index contributed by atoms with van der Waals surface area (Å²) < 4.78 is 0. The number of hydrogen-bond donors (Lipinski definition) is 2. The van der Waals surface area contributed by atoms with E-state index in [1.807, 2.05) is 18.3 Å². The van der Waals surface area contributed by atoms with Crippen LogP contribution in [0.2, 0.25) is 0 Å². The third-order valence-electron chi connectivity index (χ3n) is 3.15. The molecule has 3 nitrogen and oxygen atoms in total. The van der Waals surface area contributed by atoms with Gasteiger partial charge in [-0.15, -0.1) is 0 Å². The molecular weight excluding hydrogens is 211 g/mol. The number of aliphatic hydroxyl groups is 1. The molecule has 0 aliphatic heterocycles. The summed E-state index contributed by atoms with van der Waals surface area (Å²) in [5, 5.41) is 10.1. The summed E-state index contributed by atoms with van der Waals surface area (Å²) >= 11 is 0. The van der Waals surface area contributed by atoms with Gasteiger partial charge in [-0.2, -0.15) is 0 Å². The lowest BCUT2D eigenvalue weighted by molar-refractivity contribution is -0.00366. The first-order valence-corrected chi connectivity index (χ1v) is 5.72. The molecule has 1 aliphatic rings. The van der Waals surface area contributed by atoms with Crippen LogP contribution in [0.25, 0.3) is 6.08 Å². The molecule has 17 heavy (non-hydrogen) atoms. The molecule has 0 bridgehead atoms. The average Bonchev–Trinajstić information content (AvgIpc) is 2.50. The number of likely N-dealkylation sites (N-methyl/N-ethyl adjacent to an activating group) is 1. The monoisotopic (exact) mass is 228 g/mol. The lowest BCUT2D eigenvalue weighted by Gasteiger charge is -2.31. The van der Waals surface area contributed by atoms with Crippen LogP contribution >= 0.6 is 0 Å². The first kappa shape index (κ1) is 12.2. The van der Waals surface area contributed by atoms with Gasteiger partial charge in [0.1, 0.15) is 7.85 Å². The Bertz CT molecular complexity index is 458. The molecule has 1 aromatic rings. The number of hydrogen-bond acceptors (Lipinski definition) is 2. The predicted octanol–water partition coefficient (Wildman–Crippen LogP) is 1.06. The molecule has 1 heterocycles. The maximum atomic E-state index is 10.1. The van der Waals surface area contributed by atoms with Crippen LogP contribution in [0.15, 0.2) is 24.4 Å². The van der Waals surface area contributed by atoms with E-state index in [2.05, 4.69) is 17.1 Å². The van der Waals surface area contributed by atoms with Crippen LogP contribution in [0, 0.1) is 0 Å². The van der Waals surface area contributed by atoms with Gasteiger partial charge in [-0.05, 0) is 25.2 Å². The largest absolute Gasteiger partial charge is 0.385 e. The fourth-order valence-corrected chi connectivity index (χ4v) is 1.90. The summed E-state index contributed by atoms with van der Waals surface area (Å²) in [4.78, 5) is 4.86. The summed E-state index contributed by atoms with van der Waals surface area (Å²) in [5.74, 6) is 0. The van der Waals surface area contributed by atoms with E-state index in [0.29, 0.717) is 6.42 Å². The standard InChI is InChI=1S/C13H17BN2O/c1-16(2)13(14,17)8-10-9-15-12-7-5-3-4-6-11(10)12/h3-6,9,15,17H,7-8H2,1-2H3. The van der Waals surface area contributed by atoms with Crippen molar-refractivity contribution >= 4 is 13.9 Å². The highest BCUT2D eigenvalue weighted by Crippen LogP contribution is 2.23. The van der Waals surface area contributed by atoms with Gasteiger partial charge in [0.15, 0.2) is 0 Å². The molecule has 0 aromatic carbocycles. The molecule has 0 spiro atoms. The van der Waals surface area contributed by atoms with Gasteiger partial charge in [0.25, 0.3) is 0 Å². The molecule has 0 saturated carbocycles. The van der Waals surface area contributed by atoms with Crippen molar-refractivity contribution in [1.82, 2.24) is 9.88 Å². The number of H-pyrrole nitrogens is 1. The maximum Gasteiger partial charge on any atom is 0.136 e. The molecule has 1 unspecified atom stereocenters. The van der Waals surface area contributed by atoms with Crippen molar-refractivity contribution in [2.45, 2.75) is 18.5 Å².